The smallest absolute Gasteiger partial charge is 0.269 e. The Bertz CT molecular complexity index is 662. The van der Waals surface area contributed by atoms with Gasteiger partial charge in [0.25, 0.3) is 5.69 Å². The number of aromatic nitrogens is 2. The standard InChI is InChI=1S/C15H15N3O3/c1-10-2-7-13(15-17-16-9-21-15)14(8-10)11-3-5-12(6-4-11)18(19)20/h2-6,9,13-14H,7-8H2,1H3. The average Bonchev–Trinajstić information content (AvgIpc) is 3.01. The highest BCUT2D eigenvalue weighted by atomic mass is 16.6. The Morgan fingerprint density at radius 3 is 2.67 bits per heavy atom. The highest BCUT2D eigenvalue weighted by Crippen LogP contribution is 2.43. The number of nitro benzene ring substituents is 1. The second kappa shape index (κ2) is 5.47. The minimum atomic E-state index is -0.384. The van der Waals surface area contributed by atoms with Crippen LogP contribution in [0.5, 0.6) is 0 Å². The SMILES string of the molecule is CC1=CCC(c2nnco2)C(c2ccc([N+](=O)[O-])cc2)C1. The zero-order chi connectivity index (χ0) is 14.8. The van der Waals surface area contributed by atoms with Crippen molar-refractivity contribution in [1.29, 1.82) is 0 Å². The van der Waals surface area contributed by atoms with E-state index in [1.54, 1.807) is 12.1 Å². The molecule has 0 fully saturated rings. The lowest BCUT2D eigenvalue weighted by atomic mass is 9.76. The molecule has 1 aliphatic carbocycles. The summed E-state index contributed by atoms with van der Waals surface area (Å²) in [7, 11) is 0. The molecule has 1 aromatic carbocycles. The van der Waals surface area contributed by atoms with Gasteiger partial charge < -0.3 is 4.42 Å². The van der Waals surface area contributed by atoms with Crippen molar-refractivity contribution in [2.75, 3.05) is 0 Å². The van der Waals surface area contributed by atoms with Crippen LogP contribution in [-0.4, -0.2) is 15.1 Å². The zero-order valence-corrected chi connectivity index (χ0v) is 11.6. The fraction of sp³-hybridized carbons (Fsp3) is 0.333. The number of nitrogens with zero attached hydrogens (tertiary/aromatic N) is 3. The Hall–Kier alpha value is -2.50. The molecule has 1 heterocycles. The van der Waals surface area contributed by atoms with Crippen LogP contribution < -0.4 is 0 Å². The van der Waals surface area contributed by atoms with E-state index in [1.165, 1.54) is 12.0 Å². The van der Waals surface area contributed by atoms with E-state index in [-0.39, 0.29) is 22.4 Å². The zero-order valence-electron chi connectivity index (χ0n) is 11.6. The molecule has 1 aromatic heterocycles. The summed E-state index contributed by atoms with van der Waals surface area (Å²) in [6.07, 6.45) is 5.27. The lowest BCUT2D eigenvalue weighted by Gasteiger charge is -2.28. The molecule has 0 radical (unpaired) electrons. The van der Waals surface area contributed by atoms with Crippen molar-refractivity contribution < 1.29 is 9.34 Å². The molecule has 0 saturated carbocycles. The first kappa shape index (κ1) is 13.5. The first-order chi connectivity index (χ1) is 10.1. The first-order valence-electron chi connectivity index (χ1n) is 6.81. The average molecular weight is 285 g/mol. The molecule has 6 heteroatoms. The van der Waals surface area contributed by atoms with Crippen LogP contribution in [0.1, 0.15) is 43.1 Å². The molecule has 108 valence electrons. The van der Waals surface area contributed by atoms with E-state index in [1.807, 2.05) is 12.1 Å². The van der Waals surface area contributed by atoms with Gasteiger partial charge >= 0.3 is 0 Å². The van der Waals surface area contributed by atoms with E-state index in [0.717, 1.165) is 18.4 Å². The maximum atomic E-state index is 10.8. The van der Waals surface area contributed by atoms with Crippen LogP contribution in [0, 0.1) is 10.1 Å². The number of nitro groups is 1. The molecule has 0 spiro atoms. The van der Waals surface area contributed by atoms with Gasteiger partial charge in [0.15, 0.2) is 0 Å². The van der Waals surface area contributed by atoms with Gasteiger partial charge in [-0.05, 0) is 31.2 Å². The third-order valence-corrected chi connectivity index (χ3v) is 3.97. The Morgan fingerprint density at radius 2 is 2.05 bits per heavy atom. The predicted octanol–water partition coefficient (Wildman–Crippen LogP) is 3.59. The van der Waals surface area contributed by atoms with Crippen LogP contribution in [0.2, 0.25) is 0 Å². The van der Waals surface area contributed by atoms with Crippen molar-refractivity contribution in [2.24, 2.45) is 0 Å². The van der Waals surface area contributed by atoms with E-state index >= 15 is 0 Å². The van der Waals surface area contributed by atoms with Gasteiger partial charge in [-0.2, -0.15) is 0 Å². The lowest BCUT2D eigenvalue weighted by Crippen LogP contribution is -2.16. The summed E-state index contributed by atoms with van der Waals surface area (Å²) < 4.78 is 5.36. The van der Waals surface area contributed by atoms with Crippen molar-refractivity contribution >= 4 is 5.69 Å². The summed E-state index contributed by atoms with van der Waals surface area (Å²) in [6, 6.07) is 6.75. The maximum Gasteiger partial charge on any atom is 0.269 e. The molecule has 21 heavy (non-hydrogen) atoms. The van der Waals surface area contributed by atoms with Gasteiger partial charge in [-0.15, -0.1) is 10.2 Å². The van der Waals surface area contributed by atoms with Crippen molar-refractivity contribution in [3.05, 3.63) is 63.9 Å². The first-order valence-corrected chi connectivity index (χ1v) is 6.81. The van der Waals surface area contributed by atoms with Gasteiger partial charge in [-0.3, -0.25) is 10.1 Å². The van der Waals surface area contributed by atoms with E-state index in [2.05, 4.69) is 23.2 Å². The Labute approximate surface area is 121 Å². The Kier molecular flexibility index (Phi) is 3.51. The molecule has 0 saturated heterocycles. The topological polar surface area (TPSA) is 82.1 Å². The summed E-state index contributed by atoms with van der Waals surface area (Å²) in [6.45, 7) is 2.10. The lowest BCUT2D eigenvalue weighted by molar-refractivity contribution is -0.384. The quantitative estimate of drug-likeness (QED) is 0.489. The number of non-ortho nitro benzene ring substituents is 1. The molecule has 6 nitrogen and oxygen atoms in total. The molecule has 1 aliphatic rings. The molecule has 2 aromatic rings. The van der Waals surface area contributed by atoms with Crippen LogP contribution in [0.15, 0.2) is 46.7 Å². The number of rotatable bonds is 3. The summed E-state index contributed by atoms with van der Waals surface area (Å²) in [5.41, 5.74) is 2.49. The number of hydrogen-bond donors (Lipinski definition) is 0. The van der Waals surface area contributed by atoms with Crippen molar-refractivity contribution in [2.45, 2.75) is 31.6 Å². The molecular weight excluding hydrogens is 270 g/mol. The summed E-state index contributed by atoms with van der Waals surface area (Å²) in [5.74, 6) is 0.955. The normalized spacial score (nSPS) is 21.9. The van der Waals surface area contributed by atoms with Gasteiger partial charge in [0.2, 0.25) is 12.3 Å². The van der Waals surface area contributed by atoms with Crippen molar-refractivity contribution in [1.82, 2.24) is 10.2 Å². The van der Waals surface area contributed by atoms with Gasteiger partial charge in [0.05, 0.1) is 4.92 Å². The molecule has 0 amide bonds. The fourth-order valence-electron chi connectivity index (χ4n) is 2.87. The summed E-state index contributed by atoms with van der Waals surface area (Å²) in [4.78, 5) is 10.4. The van der Waals surface area contributed by atoms with E-state index in [0.29, 0.717) is 5.89 Å². The minimum absolute atomic E-state index is 0.108. The number of hydrogen-bond acceptors (Lipinski definition) is 5. The third-order valence-electron chi connectivity index (χ3n) is 3.97. The minimum Gasteiger partial charge on any atom is -0.428 e. The fourth-order valence-corrected chi connectivity index (χ4v) is 2.87. The molecule has 3 rings (SSSR count). The number of allylic oxidation sites excluding steroid dienone is 2. The monoisotopic (exact) mass is 285 g/mol. The van der Waals surface area contributed by atoms with Crippen molar-refractivity contribution in [3.8, 4) is 0 Å². The molecular formula is C15H15N3O3. The molecule has 0 aliphatic heterocycles. The summed E-state index contributed by atoms with van der Waals surface area (Å²) >= 11 is 0. The molecule has 0 bridgehead atoms. The summed E-state index contributed by atoms with van der Waals surface area (Å²) in [5, 5.41) is 18.5. The molecule has 2 unspecified atom stereocenters. The highest BCUT2D eigenvalue weighted by Gasteiger charge is 2.31. The second-order valence-electron chi connectivity index (χ2n) is 5.33. The molecule has 0 N–H and O–H groups in total. The predicted molar refractivity (Wildman–Crippen MR) is 75.9 cm³/mol. The van der Waals surface area contributed by atoms with Crippen LogP contribution >= 0.6 is 0 Å². The Balaban J connectivity index is 1.93. The van der Waals surface area contributed by atoms with E-state index in [9.17, 15) is 10.1 Å². The number of benzene rings is 1. The largest absolute Gasteiger partial charge is 0.428 e. The van der Waals surface area contributed by atoms with Gasteiger partial charge in [-0.25, -0.2) is 0 Å². The second-order valence-corrected chi connectivity index (χ2v) is 5.33. The van der Waals surface area contributed by atoms with E-state index < -0.39 is 0 Å². The van der Waals surface area contributed by atoms with Crippen LogP contribution in [0.3, 0.4) is 0 Å². The highest BCUT2D eigenvalue weighted by molar-refractivity contribution is 5.36. The van der Waals surface area contributed by atoms with Crippen LogP contribution in [-0.2, 0) is 0 Å². The maximum absolute atomic E-state index is 10.8. The van der Waals surface area contributed by atoms with Crippen molar-refractivity contribution in [3.63, 3.8) is 0 Å². The van der Waals surface area contributed by atoms with Gasteiger partial charge in [-0.1, -0.05) is 23.8 Å². The van der Waals surface area contributed by atoms with Gasteiger partial charge in [0, 0.05) is 18.1 Å². The van der Waals surface area contributed by atoms with E-state index in [4.69, 9.17) is 4.42 Å². The third kappa shape index (κ3) is 2.69. The van der Waals surface area contributed by atoms with Crippen LogP contribution in [0.4, 0.5) is 5.69 Å². The Morgan fingerprint density at radius 1 is 1.29 bits per heavy atom. The van der Waals surface area contributed by atoms with Gasteiger partial charge in [0.1, 0.15) is 0 Å². The molecule has 2 atom stereocenters. The van der Waals surface area contributed by atoms with Crippen LogP contribution in [0.25, 0.3) is 0 Å².